The molecule has 23 heavy (non-hydrogen) atoms. The number of nitrogens with two attached hydrogens (primary N) is 1. The van der Waals surface area contributed by atoms with E-state index in [4.69, 9.17) is 28.9 Å². The number of hydrogen-bond acceptors (Lipinski definition) is 5. The first-order valence-electron chi connectivity index (χ1n) is 6.55. The highest BCUT2D eigenvalue weighted by atomic mass is 35.5. The summed E-state index contributed by atoms with van der Waals surface area (Å²) >= 11 is 12.0. The monoisotopic (exact) mass is 371 g/mol. The quantitative estimate of drug-likeness (QED) is 0.871. The van der Waals surface area contributed by atoms with Crippen molar-refractivity contribution in [3.8, 4) is 11.3 Å². The van der Waals surface area contributed by atoms with E-state index in [-0.39, 0.29) is 29.0 Å². The molecule has 0 aliphatic carbocycles. The minimum atomic E-state index is -3.93. The number of benzene rings is 1. The molecule has 0 spiro atoms. The van der Waals surface area contributed by atoms with Crippen LogP contribution in [-0.2, 0) is 10.2 Å². The van der Waals surface area contributed by atoms with Gasteiger partial charge >= 0.3 is 10.2 Å². The third-order valence-corrected chi connectivity index (χ3v) is 5.14. The van der Waals surface area contributed by atoms with Crippen molar-refractivity contribution >= 4 is 45.1 Å². The summed E-state index contributed by atoms with van der Waals surface area (Å²) in [7, 11) is -3.93. The highest BCUT2D eigenvalue weighted by Gasteiger charge is 2.33. The number of amidine groups is 1. The third kappa shape index (κ3) is 2.73. The predicted molar refractivity (Wildman–Crippen MR) is 90.2 cm³/mol. The van der Waals surface area contributed by atoms with Crippen LogP contribution in [0.1, 0.15) is 12.6 Å². The van der Waals surface area contributed by atoms with E-state index in [0.29, 0.717) is 16.3 Å². The summed E-state index contributed by atoms with van der Waals surface area (Å²) in [6, 6.07) is 6.79. The van der Waals surface area contributed by atoms with E-state index in [0.717, 1.165) is 4.31 Å². The van der Waals surface area contributed by atoms with Gasteiger partial charge in [0.2, 0.25) is 0 Å². The summed E-state index contributed by atoms with van der Waals surface area (Å²) in [5.41, 5.74) is 6.82. The summed E-state index contributed by atoms with van der Waals surface area (Å²) in [4.78, 5) is 8.52. The second kappa shape index (κ2) is 5.63. The zero-order valence-corrected chi connectivity index (χ0v) is 14.2. The van der Waals surface area contributed by atoms with E-state index >= 15 is 0 Å². The molecule has 1 aromatic carbocycles. The van der Waals surface area contributed by atoms with Gasteiger partial charge in [-0.05, 0) is 19.1 Å². The summed E-state index contributed by atoms with van der Waals surface area (Å²) in [6.45, 7) is 1.80. The molecular formula is C13H11Cl2N5O2S. The van der Waals surface area contributed by atoms with Crippen molar-refractivity contribution in [1.82, 2.24) is 9.97 Å². The van der Waals surface area contributed by atoms with E-state index in [1.165, 1.54) is 0 Å². The molecule has 0 radical (unpaired) electrons. The van der Waals surface area contributed by atoms with Crippen molar-refractivity contribution in [1.29, 1.82) is 0 Å². The Balaban J connectivity index is 2.25. The second-order valence-electron chi connectivity index (χ2n) is 4.66. The Kier molecular flexibility index (Phi) is 3.91. The minimum Gasteiger partial charge on any atom is -0.381 e. The van der Waals surface area contributed by atoms with Gasteiger partial charge in [0.25, 0.3) is 0 Å². The Morgan fingerprint density at radius 2 is 1.78 bits per heavy atom. The maximum atomic E-state index is 12.1. The standard InChI is InChI=1S/C13H11Cl2N5O2S/c1-2-20-13-10(12(16)19-23(20,21)22)17-11(15)9(18-13)7-3-5-8(14)6-4-7/h3-6H,2H2,1H3,(H2,16,19). The molecule has 0 saturated heterocycles. The Hall–Kier alpha value is -1.90. The van der Waals surface area contributed by atoms with Crippen LogP contribution in [0.3, 0.4) is 0 Å². The van der Waals surface area contributed by atoms with Crippen LogP contribution < -0.4 is 10.0 Å². The van der Waals surface area contributed by atoms with Gasteiger partial charge in [-0.15, -0.1) is 4.40 Å². The fourth-order valence-electron chi connectivity index (χ4n) is 2.18. The molecule has 2 heterocycles. The van der Waals surface area contributed by atoms with Crippen molar-refractivity contribution in [3.05, 3.63) is 40.1 Å². The lowest BCUT2D eigenvalue weighted by Crippen LogP contribution is -2.38. The van der Waals surface area contributed by atoms with Gasteiger partial charge in [-0.3, -0.25) is 0 Å². The van der Waals surface area contributed by atoms with Crippen LogP contribution in [0.15, 0.2) is 28.7 Å². The van der Waals surface area contributed by atoms with Crippen molar-refractivity contribution in [2.45, 2.75) is 6.92 Å². The van der Waals surface area contributed by atoms with Gasteiger partial charge in [-0.25, -0.2) is 14.3 Å². The average Bonchev–Trinajstić information content (AvgIpc) is 2.48. The number of hydrogen-bond donors (Lipinski definition) is 1. The Morgan fingerprint density at radius 1 is 1.13 bits per heavy atom. The molecule has 2 aromatic rings. The van der Waals surface area contributed by atoms with Gasteiger partial charge in [-0.1, -0.05) is 35.3 Å². The third-order valence-electron chi connectivity index (χ3n) is 3.21. The van der Waals surface area contributed by atoms with Gasteiger partial charge in [0, 0.05) is 17.1 Å². The molecule has 0 unspecified atom stereocenters. The summed E-state index contributed by atoms with van der Waals surface area (Å²) in [6.07, 6.45) is 0. The van der Waals surface area contributed by atoms with E-state index < -0.39 is 10.2 Å². The topological polar surface area (TPSA) is 102 Å². The molecule has 0 amide bonds. The molecule has 3 rings (SSSR count). The molecule has 1 aliphatic heterocycles. The number of fused-ring (bicyclic) bond motifs is 1. The summed E-state index contributed by atoms with van der Waals surface area (Å²) in [5, 5.41) is 0.657. The molecule has 0 saturated carbocycles. The molecule has 7 nitrogen and oxygen atoms in total. The smallest absolute Gasteiger partial charge is 0.347 e. The fourth-order valence-corrected chi connectivity index (χ4v) is 3.65. The molecule has 10 heteroatoms. The lowest BCUT2D eigenvalue weighted by atomic mass is 10.1. The van der Waals surface area contributed by atoms with Crippen LogP contribution in [0.2, 0.25) is 10.2 Å². The molecular weight excluding hydrogens is 361 g/mol. The van der Waals surface area contributed by atoms with Crippen LogP contribution in [0.25, 0.3) is 11.3 Å². The molecule has 1 aliphatic rings. The van der Waals surface area contributed by atoms with Crippen molar-refractivity contribution in [2.75, 3.05) is 10.8 Å². The molecule has 1 aromatic heterocycles. The van der Waals surface area contributed by atoms with E-state index in [1.807, 2.05) is 0 Å². The molecule has 0 bridgehead atoms. The first-order valence-corrected chi connectivity index (χ1v) is 8.70. The van der Waals surface area contributed by atoms with Crippen LogP contribution in [0.5, 0.6) is 0 Å². The molecule has 0 fully saturated rings. The molecule has 2 N–H and O–H groups in total. The largest absolute Gasteiger partial charge is 0.381 e. The average molecular weight is 372 g/mol. The number of nitrogens with zero attached hydrogens (tertiary/aromatic N) is 4. The Labute approximate surface area is 143 Å². The van der Waals surface area contributed by atoms with Crippen molar-refractivity contribution in [2.24, 2.45) is 10.1 Å². The summed E-state index contributed by atoms with van der Waals surface area (Å²) < 4.78 is 28.7. The Morgan fingerprint density at radius 3 is 2.39 bits per heavy atom. The number of anilines is 1. The van der Waals surface area contributed by atoms with Crippen molar-refractivity contribution in [3.63, 3.8) is 0 Å². The van der Waals surface area contributed by atoms with Gasteiger partial charge in [0.1, 0.15) is 5.69 Å². The van der Waals surface area contributed by atoms with Crippen LogP contribution in [0.4, 0.5) is 5.82 Å². The highest BCUT2D eigenvalue weighted by Crippen LogP contribution is 2.32. The van der Waals surface area contributed by atoms with E-state index in [9.17, 15) is 8.42 Å². The van der Waals surface area contributed by atoms with Crippen molar-refractivity contribution < 1.29 is 8.42 Å². The predicted octanol–water partition coefficient (Wildman–Crippen LogP) is 2.24. The highest BCUT2D eigenvalue weighted by molar-refractivity contribution is 7.91. The first-order chi connectivity index (χ1) is 10.8. The Bertz CT molecular complexity index is 913. The summed E-state index contributed by atoms with van der Waals surface area (Å²) in [5.74, 6) is -0.129. The number of rotatable bonds is 2. The maximum Gasteiger partial charge on any atom is 0.347 e. The van der Waals surface area contributed by atoms with Crippen LogP contribution in [-0.4, -0.2) is 30.8 Å². The van der Waals surface area contributed by atoms with E-state index in [2.05, 4.69) is 14.4 Å². The van der Waals surface area contributed by atoms with Gasteiger partial charge in [0.05, 0.1) is 0 Å². The number of aromatic nitrogens is 2. The van der Waals surface area contributed by atoms with E-state index in [1.54, 1.807) is 31.2 Å². The lowest BCUT2D eigenvalue weighted by molar-refractivity contribution is 0.592. The van der Waals surface area contributed by atoms with Gasteiger partial charge < -0.3 is 5.73 Å². The second-order valence-corrected chi connectivity index (χ2v) is 6.97. The lowest BCUT2D eigenvalue weighted by Gasteiger charge is -2.25. The fraction of sp³-hybridized carbons (Fsp3) is 0.154. The zero-order chi connectivity index (χ0) is 16.8. The van der Waals surface area contributed by atoms with Crippen LogP contribution in [0, 0.1) is 0 Å². The first kappa shape index (κ1) is 16.0. The zero-order valence-electron chi connectivity index (χ0n) is 11.9. The SMILES string of the molecule is CCN1c2nc(-c3ccc(Cl)cc3)c(Cl)nc2C(N)=NS1(=O)=O. The minimum absolute atomic E-state index is 0.0968. The normalized spacial score (nSPS) is 16.0. The maximum absolute atomic E-state index is 12.1. The van der Waals surface area contributed by atoms with Gasteiger partial charge in [-0.2, -0.15) is 8.42 Å². The van der Waals surface area contributed by atoms with Gasteiger partial charge in [0.15, 0.2) is 22.5 Å². The molecule has 120 valence electrons. The molecule has 0 atom stereocenters. The van der Waals surface area contributed by atoms with Crippen LogP contribution >= 0.6 is 23.2 Å². The number of halogens is 2.